The molecule has 0 fully saturated rings. The van der Waals surface area contributed by atoms with Gasteiger partial charge in [-0.15, -0.1) is 0 Å². The fourth-order valence-electron chi connectivity index (χ4n) is 2.58. The van der Waals surface area contributed by atoms with E-state index in [0.717, 1.165) is 22.4 Å². The van der Waals surface area contributed by atoms with Gasteiger partial charge in [-0.1, -0.05) is 23.4 Å². The number of benzene rings is 1. The zero-order chi connectivity index (χ0) is 19.1. The van der Waals surface area contributed by atoms with Gasteiger partial charge in [0, 0.05) is 24.4 Å². The Morgan fingerprint density at radius 1 is 1.15 bits per heavy atom. The second kappa shape index (κ2) is 8.93. The predicted molar refractivity (Wildman–Crippen MR) is 98.2 cm³/mol. The monoisotopic (exact) mass is 367 g/mol. The van der Waals surface area contributed by atoms with Crippen molar-refractivity contribution in [3.8, 4) is 17.1 Å². The molecular weight excluding hydrogens is 346 g/mol. The highest BCUT2D eigenvalue weighted by atomic mass is 16.6. The molecule has 7 nitrogen and oxygen atoms in total. The third kappa shape index (κ3) is 5.13. The molecule has 27 heavy (non-hydrogen) atoms. The molecule has 140 valence electrons. The van der Waals surface area contributed by atoms with E-state index in [9.17, 15) is 4.79 Å². The lowest BCUT2D eigenvalue weighted by atomic mass is 10.1. The maximum absolute atomic E-state index is 11.8. The highest BCUT2D eigenvalue weighted by Gasteiger charge is 2.10. The lowest BCUT2D eigenvalue weighted by Gasteiger charge is -2.11. The quantitative estimate of drug-likeness (QED) is 0.446. The number of hydrogen-bond donors (Lipinski definition) is 0. The van der Waals surface area contributed by atoms with E-state index in [0.29, 0.717) is 24.6 Å². The van der Waals surface area contributed by atoms with Gasteiger partial charge >= 0.3 is 5.97 Å². The van der Waals surface area contributed by atoms with Crippen LogP contribution in [-0.2, 0) is 16.0 Å². The van der Waals surface area contributed by atoms with E-state index < -0.39 is 5.97 Å². The maximum Gasteiger partial charge on any atom is 0.344 e. The molecule has 1 aromatic carbocycles. The van der Waals surface area contributed by atoms with E-state index in [-0.39, 0.29) is 13.2 Å². The van der Waals surface area contributed by atoms with E-state index in [4.69, 9.17) is 14.0 Å². The van der Waals surface area contributed by atoms with Crippen molar-refractivity contribution in [3.05, 3.63) is 59.7 Å². The summed E-state index contributed by atoms with van der Waals surface area (Å²) in [4.78, 5) is 20.2. The Kier molecular flexibility index (Phi) is 6.14. The summed E-state index contributed by atoms with van der Waals surface area (Å²) in [5.41, 5.74) is 2.77. The first kappa shape index (κ1) is 18.6. The van der Waals surface area contributed by atoms with Gasteiger partial charge in [-0.2, -0.15) is 4.98 Å². The van der Waals surface area contributed by atoms with Crippen molar-refractivity contribution in [2.75, 3.05) is 13.2 Å². The van der Waals surface area contributed by atoms with Crippen LogP contribution >= 0.6 is 0 Å². The molecule has 3 rings (SSSR count). The zero-order valence-electron chi connectivity index (χ0n) is 15.3. The van der Waals surface area contributed by atoms with Crippen LogP contribution in [0.15, 0.2) is 47.2 Å². The van der Waals surface area contributed by atoms with Crippen molar-refractivity contribution in [2.45, 2.75) is 26.7 Å². The number of aryl methyl sites for hydroxylation is 3. The number of nitrogens with zero attached hydrogens (tertiary/aromatic N) is 3. The molecule has 0 saturated heterocycles. The van der Waals surface area contributed by atoms with Gasteiger partial charge in [0.05, 0.1) is 6.61 Å². The minimum Gasteiger partial charge on any atom is -0.481 e. The van der Waals surface area contributed by atoms with Crippen LogP contribution in [0.1, 0.15) is 23.4 Å². The number of pyridine rings is 1. The van der Waals surface area contributed by atoms with Crippen molar-refractivity contribution >= 4 is 5.97 Å². The normalized spacial score (nSPS) is 10.6. The third-order valence-electron chi connectivity index (χ3n) is 3.93. The lowest BCUT2D eigenvalue weighted by molar-refractivity contribution is -0.146. The standard InChI is InChI=1S/C20H21N3O4/c1-14-6-3-7-15(2)19(14)26-13-18(24)25-11-5-9-17-22-20(23-27-17)16-8-4-10-21-12-16/h3-4,6-8,10,12H,5,9,11,13H2,1-2H3. The molecule has 2 heterocycles. The Morgan fingerprint density at radius 3 is 2.70 bits per heavy atom. The molecule has 7 heteroatoms. The molecule has 0 bridgehead atoms. The van der Waals surface area contributed by atoms with Gasteiger partial charge < -0.3 is 14.0 Å². The second-order valence-electron chi connectivity index (χ2n) is 6.09. The van der Waals surface area contributed by atoms with E-state index in [1.807, 2.05) is 44.2 Å². The fourth-order valence-corrected chi connectivity index (χ4v) is 2.58. The SMILES string of the molecule is Cc1cccc(C)c1OCC(=O)OCCCc1nc(-c2cccnc2)no1. The van der Waals surface area contributed by atoms with Crippen molar-refractivity contribution in [2.24, 2.45) is 0 Å². The van der Waals surface area contributed by atoms with Gasteiger partial charge in [-0.25, -0.2) is 4.79 Å². The van der Waals surface area contributed by atoms with Crippen LogP contribution in [0.3, 0.4) is 0 Å². The molecule has 0 amide bonds. The van der Waals surface area contributed by atoms with Gasteiger partial charge in [-0.3, -0.25) is 4.98 Å². The zero-order valence-corrected chi connectivity index (χ0v) is 15.3. The van der Waals surface area contributed by atoms with Crippen LogP contribution in [0, 0.1) is 13.8 Å². The first-order chi connectivity index (χ1) is 13.1. The van der Waals surface area contributed by atoms with Gasteiger partial charge in [0.25, 0.3) is 0 Å². The summed E-state index contributed by atoms with van der Waals surface area (Å²) in [5, 5.41) is 3.93. The molecule has 0 aliphatic carbocycles. The summed E-state index contributed by atoms with van der Waals surface area (Å²) in [6.45, 7) is 4.03. The molecule has 0 aliphatic rings. The molecule has 0 radical (unpaired) electrons. The Bertz CT molecular complexity index is 873. The Labute approximate surface area is 157 Å². The molecule has 0 aliphatic heterocycles. The van der Waals surface area contributed by atoms with Crippen LogP contribution in [0.2, 0.25) is 0 Å². The minimum absolute atomic E-state index is 0.114. The molecule has 0 unspecified atom stereocenters. The van der Waals surface area contributed by atoms with E-state index in [1.54, 1.807) is 12.4 Å². The molecule has 0 atom stereocenters. The van der Waals surface area contributed by atoms with Gasteiger partial charge in [0.2, 0.25) is 11.7 Å². The molecule has 3 aromatic rings. The summed E-state index contributed by atoms with van der Waals surface area (Å²) in [6.07, 6.45) is 4.47. The van der Waals surface area contributed by atoms with Crippen LogP contribution in [0.4, 0.5) is 0 Å². The smallest absolute Gasteiger partial charge is 0.344 e. The molecule has 0 spiro atoms. The summed E-state index contributed by atoms with van der Waals surface area (Å²) in [5.74, 6) is 1.32. The summed E-state index contributed by atoms with van der Waals surface area (Å²) in [7, 11) is 0. The van der Waals surface area contributed by atoms with E-state index in [1.165, 1.54) is 0 Å². The largest absolute Gasteiger partial charge is 0.481 e. The van der Waals surface area contributed by atoms with Gasteiger partial charge in [0.1, 0.15) is 5.75 Å². The Balaban J connectivity index is 1.39. The van der Waals surface area contributed by atoms with E-state index >= 15 is 0 Å². The van der Waals surface area contributed by atoms with Gasteiger partial charge in [-0.05, 0) is 43.5 Å². The highest BCUT2D eigenvalue weighted by molar-refractivity contribution is 5.71. The number of ether oxygens (including phenoxy) is 2. The number of esters is 1. The van der Waals surface area contributed by atoms with Crippen LogP contribution in [-0.4, -0.2) is 34.3 Å². The minimum atomic E-state index is -0.403. The Hall–Kier alpha value is -3.22. The predicted octanol–water partition coefficient (Wildman–Crippen LogP) is 3.30. The van der Waals surface area contributed by atoms with Crippen LogP contribution in [0.5, 0.6) is 5.75 Å². The molecule has 0 N–H and O–H groups in total. The average molecular weight is 367 g/mol. The number of carbonyl (C=O) groups is 1. The van der Waals surface area contributed by atoms with E-state index in [2.05, 4.69) is 15.1 Å². The first-order valence-corrected chi connectivity index (χ1v) is 8.71. The number of para-hydroxylation sites is 1. The molecule has 2 aromatic heterocycles. The summed E-state index contributed by atoms with van der Waals surface area (Å²) in [6, 6.07) is 9.51. The maximum atomic E-state index is 11.8. The lowest BCUT2D eigenvalue weighted by Crippen LogP contribution is -2.16. The number of aromatic nitrogens is 3. The molecule has 0 saturated carbocycles. The number of hydrogen-bond acceptors (Lipinski definition) is 7. The number of carbonyl (C=O) groups excluding carboxylic acids is 1. The van der Waals surface area contributed by atoms with Crippen molar-refractivity contribution in [1.82, 2.24) is 15.1 Å². The van der Waals surface area contributed by atoms with Crippen LogP contribution in [0.25, 0.3) is 11.4 Å². The van der Waals surface area contributed by atoms with Gasteiger partial charge in [0.15, 0.2) is 6.61 Å². The average Bonchev–Trinajstić information content (AvgIpc) is 3.14. The highest BCUT2D eigenvalue weighted by Crippen LogP contribution is 2.22. The first-order valence-electron chi connectivity index (χ1n) is 8.71. The second-order valence-corrected chi connectivity index (χ2v) is 6.09. The summed E-state index contributed by atoms with van der Waals surface area (Å²) < 4.78 is 16.0. The third-order valence-corrected chi connectivity index (χ3v) is 3.93. The Morgan fingerprint density at radius 2 is 1.96 bits per heavy atom. The molecular formula is C20H21N3O4. The summed E-state index contributed by atoms with van der Waals surface area (Å²) >= 11 is 0. The topological polar surface area (TPSA) is 87.3 Å². The van der Waals surface area contributed by atoms with Crippen molar-refractivity contribution in [1.29, 1.82) is 0 Å². The fraction of sp³-hybridized carbons (Fsp3) is 0.300. The van der Waals surface area contributed by atoms with Crippen molar-refractivity contribution in [3.63, 3.8) is 0 Å². The number of rotatable bonds is 8. The van der Waals surface area contributed by atoms with Crippen molar-refractivity contribution < 1.29 is 18.8 Å². The van der Waals surface area contributed by atoms with Crippen LogP contribution < -0.4 is 4.74 Å².